The summed E-state index contributed by atoms with van der Waals surface area (Å²) in [4.78, 5) is 0. The molecule has 0 heterocycles. The Labute approximate surface area is 256 Å². The molecule has 0 spiro atoms. The van der Waals surface area contributed by atoms with Crippen molar-refractivity contribution in [2.45, 2.75) is 13.8 Å². The zero-order valence-electron chi connectivity index (χ0n) is 21.9. The van der Waals surface area contributed by atoms with Crippen LogP contribution in [0.1, 0.15) is 25.0 Å². The maximum absolute atomic E-state index is 3.34. The van der Waals surface area contributed by atoms with E-state index in [2.05, 4.69) is 152 Å². The van der Waals surface area contributed by atoms with E-state index in [4.69, 9.17) is 0 Å². The van der Waals surface area contributed by atoms with Gasteiger partial charge in [0.15, 0.2) is 0 Å². The van der Waals surface area contributed by atoms with E-state index in [9.17, 15) is 0 Å². The zero-order chi connectivity index (χ0) is 25.3. The molecule has 0 aromatic heterocycles. The van der Waals surface area contributed by atoms with Crippen molar-refractivity contribution in [3.05, 3.63) is 168 Å². The van der Waals surface area contributed by atoms with Gasteiger partial charge in [-0.3, -0.25) is 0 Å². The predicted molar refractivity (Wildman–Crippen MR) is 168 cm³/mol. The van der Waals surface area contributed by atoms with Gasteiger partial charge in [0.2, 0.25) is 0 Å². The molecule has 38 heavy (non-hydrogen) atoms. The Hall–Kier alpha value is -2.57. The van der Waals surface area contributed by atoms with Crippen molar-refractivity contribution < 1.29 is 24.2 Å². The molecule has 3 heteroatoms. The SMILES string of the molecule is CC1C=C2C(=CC=CC=C2c2ccccc2)[CH-]1.CC1C=C2C(=CC=CC=C2c2ccccc2)[CH-]1.Cl.Cl.[CH2]=[Zr+2]. The van der Waals surface area contributed by atoms with Gasteiger partial charge in [0.1, 0.15) is 0 Å². The van der Waals surface area contributed by atoms with Crippen molar-refractivity contribution in [3.63, 3.8) is 0 Å². The van der Waals surface area contributed by atoms with E-state index in [0.29, 0.717) is 11.8 Å². The molecule has 2 unspecified atom stereocenters. The fourth-order valence-electron chi connectivity index (χ4n) is 4.88. The first-order valence-electron chi connectivity index (χ1n) is 12.5. The van der Waals surface area contributed by atoms with E-state index in [0.717, 1.165) is 0 Å². The van der Waals surface area contributed by atoms with Crippen molar-refractivity contribution >= 4 is 40.2 Å². The van der Waals surface area contributed by atoms with Crippen LogP contribution in [0.5, 0.6) is 0 Å². The molecular formula is C35H34Cl2Zr. The van der Waals surface area contributed by atoms with Gasteiger partial charge in [-0.05, 0) is 11.1 Å². The van der Waals surface area contributed by atoms with Crippen molar-refractivity contribution in [2.24, 2.45) is 11.8 Å². The first-order chi connectivity index (χ1) is 17.7. The minimum absolute atomic E-state index is 0. The van der Waals surface area contributed by atoms with Crippen LogP contribution in [0.25, 0.3) is 11.1 Å². The third-order valence-corrected chi connectivity index (χ3v) is 6.42. The van der Waals surface area contributed by atoms with Gasteiger partial charge in [-0.2, -0.15) is 36.1 Å². The van der Waals surface area contributed by atoms with Crippen LogP contribution in [0.2, 0.25) is 0 Å². The van der Waals surface area contributed by atoms with Gasteiger partial charge in [-0.1, -0.05) is 122 Å². The van der Waals surface area contributed by atoms with Gasteiger partial charge in [0.05, 0.1) is 0 Å². The third kappa shape index (κ3) is 7.73. The Morgan fingerprint density at radius 2 is 0.868 bits per heavy atom. The number of hydrogen-bond donors (Lipinski definition) is 0. The van der Waals surface area contributed by atoms with Crippen LogP contribution in [-0.4, -0.2) is 4.21 Å². The molecule has 4 aliphatic carbocycles. The van der Waals surface area contributed by atoms with Crippen LogP contribution in [-0.2, 0) is 24.2 Å². The Morgan fingerprint density at radius 3 is 1.24 bits per heavy atom. The second-order valence-corrected chi connectivity index (χ2v) is 9.12. The molecule has 2 aromatic rings. The van der Waals surface area contributed by atoms with E-state index >= 15 is 0 Å². The third-order valence-electron chi connectivity index (χ3n) is 6.42. The molecule has 0 bridgehead atoms. The summed E-state index contributed by atoms with van der Waals surface area (Å²) in [6, 6.07) is 21.2. The molecule has 0 saturated heterocycles. The Bertz CT molecular complexity index is 1220. The number of benzene rings is 2. The van der Waals surface area contributed by atoms with E-state index in [-0.39, 0.29) is 24.8 Å². The van der Waals surface area contributed by atoms with Crippen molar-refractivity contribution in [1.82, 2.24) is 0 Å². The molecule has 4 aliphatic rings. The molecule has 6 rings (SSSR count). The number of rotatable bonds is 2. The summed E-state index contributed by atoms with van der Waals surface area (Å²) in [5, 5.41) is 0. The summed E-state index contributed by atoms with van der Waals surface area (Å²) in [5.41, 5.74) is 10.7. The zero-order valence-corrected chi connectivity index (χ0v) is 26.0. The van der Waals surface area contributed by atoms with Crippen LogP contribution < -0.4 is 0 Å². The number of allylic oxidation sites excluding steroid dienone is 16. The standard InChI is InChI=1S/2C17H15.CH2.2ClH.Zr/c2*1-13-11-15-9-5-6-10-16(17(15)12-13)14-7-3-2-4-8-14;;;;/h2*2-13H,1H3;1H2;2*1H;/q2*-1;;;;+2. The van der Waals surface area contributed by atoms with Crippen molar-refractivity contribution in [3.8, 4) is 0 Å². The molecule has 0 N–H and O–H groups in total. The molecule has 2 aromatic carbocycles. The second kappa shape index (κ2) is 15.8. The van der Waals surface area contributed by atoms with Gasteiger partial charge in [-0.15, -0.1) is 60.3 Å². The molecule has 0 radical (unpaired) electrons. The monoisotopic (exact) mass is 614 g/mol. The average Bonchev–Trinajstić information content (AvgIpc) is 3.33. The number of halogens is 2. The summed E-state index contributed by atoms with van der Waals surface area (Å²) in [6.45, 7) is 4.46. The molecule has 0 aliphatic heterocycles. The van der Waals surface area contributed by atoms with E-state index in [1.807, 2.05) is 0 Å². The van der Waals surface area contributed by atoms with Crippen LogP contribution in [0.4, 0.5) is 0 Å². The Kier molecular flexibility index (Phi) is 13.1. The second-order valence-electron chi connectivity index (χ2n) is 9.12. The van der Waals surface area contributed by atoms with Crippen LogP contribution >= 0.6 is 24.8 Å². The van der Waals surface area contributed by atoms with Crippen LogP contribution in [0, 0.1) is 24.7 Å². The van der Waals surface area contributed by atoms with Crippen LogP contribution in [0.3, 0.4) is 0 Å². The quantitative estimate of drug-likeness (QED) is 0.295. The average molecular weight is 617 g/mol. The number of hydrogen-bond acceptors (Lipinski definition) is 0. The van der Waals surface area contributed by atoms with E-state index < -0.39 is 0 Å². The Morgan fingerprint density at radius 1 is 0.526 bits per heavy atom. The fourth-order valence-corrected chi connectivity index (χ4v) is 4.88. The van der Waals surface area contributed by atoms with E-state index in [1.54, 1.807) is 0 Å². The van der Waals surface area contributed by atoms with E-state index in [1.165, 1.54) is 68.8 Å². The predicted octanol–water partition coefficient (Wildman–Crippen LogP) is 9.50. The normalized spacial score (nSPS) is 19.8. The Balaban J connectivity index is 0.000000239. The molecule has 0 nitrogen and oxygen atoms in total. The molecule has 0 saturated carbocycles. The van der Waals surface area contributed by atoms with Gasteiger partial charge < -0.3 is 0 Å². The van der Waals surface area contributed by atoms with Gasteiger partial charge >= 0.3 is 28.4 Å². The molecular weight excluding hydrogens is 583 g/mol. The summed E-state index contributed by atoms with van der Waals surface area (Å²) in [7, 11) is 0. The summed E-state index contributed by atoms with van der Waals surface area (Å²) < 4.78 is 3.34. The van der Waals surface area contributed by atoms with Gasteiger partial charge in [0, 0.05) is 0 Å². The van der Waals surface area contributed by atoms with Crippen molar-refractivity contribution in [2.75, 3.05) is 0 Å². The first kappa shape index (κ1) is 31.6. The summed E-state index contributed by atoms with van der Waals surface area (Å²) >= 11 is 1.30. The minimum atomic E-state index is 0. The van der Waals surface area contributed by atoms with Crippen molar-refractivity contribution in [1.29, 1.82) is 0 Å². The molecule has 192 valence electrons. The van der Waals surface area contributed by atoms with Gasteiger partial charge in [0.25, 0.3) is 0 Å². The van der Waals surface area contributed by atoms with Gasteiger partial charge in [-0.25, -0.2) is 0 Å². The first-order valence-corrected chi connectivity index (χ1v) is 14.2. The molecule has 0 amide bonds. The summed E-state index contributed by atoms with van der Waals surface area (Å²) in [5.74, 6) is 1.07. The topological polar surface area (TPSA) is 0 Å². The molecule has 2 atom stereocenters. The fraction of sp³-hybridized carbons (Fsp3) is 0.114. The summed E-state index contributed by atoms with van der Waals surface area (Å²) in [6.07, 6.45) is 26.6. The molecule has 0 fully saturated rings. The maximum atomic E-state index is 3.34. The number of fused-ring (bicyclic) bond motifs is 2. The van der Waals surface area contributed by atoms with Crippen LogP contribution in [0.15, 0.2) is 144 Å².